The summed E-state index contributed by atoms with van der Waals surface area (Å²) in [5.74, 6) is 1.18. The minimum absolute atomic E-state index is 0.195. The summed E-state index contributed by atoms with van der Waals surface area (Å²) in [6.07, 6.45) is 3.59. The maximum atomic E-state index is 9.09. The molecule has 0 unspecified atom stereocenters. The molecule has 0 bridgehead atoms. The van der Waals surface area contributed by atoms with E-state index >= 15 is 0 Å². The highest BCUT2D eigenvalue weighted by Gasteiger charge is 2.26. The molecule has 0 saturated heterocycles. The van der Waals surface area contributed by atoms with Crippen LogP contribution in [0.4, 0.5) is 11.8 Å². The fourth-order valence-corrected chi connectivity index (χ4v) is 2.50. The molecule has 1 saturated carbocycles. The second kappa shape index (κ2) is 5.73. The van der Waals surface area contributed by atoms with Gasteiger partial charge >= 0.3 is 0 Å². The zero-order valence-electron chi connectivity index (χ0n) is 12.7. The number of fused-ring (bicyclic) bond motifs is 1. The van der Waals surface area contributed by atoms with Gasteiger partial charge in [-0.2, -0.15) is 5.26 Å². The molecule has 2 aromatic heterocycles. The van der Waals surface area contributed by atoms with E-state index in [-0.39, 0.29) is 12.1 Å². The van der Waals surface area contributed by atoms with E-state index in [1.54, 1.807) is 12.3 Å². The van der Waals surface area contributed by atoms with E-state index in [2.05, 4.69) is 31.7 Å². The molecule has 3 rings (SSSR count). The third-order valence-electron chi connectivity index (χ3n) is 3.61. The second-order valence-electron chi connectivity index (χ2n) is 5.97. The SMILES string of the molecule is CC(C)Nc1nc(C#N)cc2cnc(N[C@H]3C[C@H](N)C3)nc12. The van der Waals surface area contributed by atoms with Gasteiger partial charge in [-0.15, -0.1) is 0 Å². The molecule has 2 aromatic rings. The number of nitriles is 1. The molecule has 0 aliphatic heterocycles. The van der Waals surface area contributed by atoms with Gasteiger partial charge in [0.1, 0.15) is 17.3 Å². The molecular formula is C15H19N7. The molecule has 7 heteroatoms. The summed E-state index contributed by atoms with van der Waals surface area (Å²) in [5, 5.41) is 16.4. The molecule has 0 spiro atoms. The van der Waals surface area contributed by atoms with Crippen molar-refractivity contribution in [2.24, 2.45) is 5.73 Å². The summed E-state index contributed by atoms with van der Waals surface area (Å²) in [4.78, 5) is 13.2. The van der Waals surface area contributed by atoms with E-state index in [0.29, 0.717) is 29.0 Å². The number of nitrogens with two attached hydrogens (primary N) is 1. The van der Waals surface area contributed by atoms with Crippen LogP contribution in [-0.2, 0) is 0 Å². The third kappa shape index (κ3) is 2.92. The molecule has 114 valence electrons. The number of aromatic nitrogens is 3. The zero-order chi connectivity index (χ0) is 15.7. The van der Waals surface area contributed by atoms with Crippen molar-refractivity contribution in [3.63, 3.8) is 0 Å². The van der Waals surface area contributed by atoms with Crippen molar-refractivity contribution in [1.29, 1.82) is 5.26 Å². The quantitative estimate of drug-likeness (QED) is 0.785. The summed E-state index contributed by atoms with van der Waals surface area (Å²) in [6.45, 7) is 4.03. The molecule has 0 aromatic carbocycles. The van der Waals surface area contributed by atoms with Crippen molar-refractivity contribution in [3.8, 4) is 6.07 Å². The fraction of sp³-hybridized carbons (Fsp3) is 0.467. The van der Waals surface area contributed by atoms with Gasteiger partial charge in [0.15, 0.2) is 5.82 Å². The van der Waals surface area contributed by atoms with Crippen molar-refractivity contribution in [2.45, 2.75) is 44.8 Å². The van der Waals surface area contributed by atoms with Gasteiger partial charge in [-0.1, -0.05) is 0 Å². The Balaban J connectivity index is 1.96. The highest BCUT2D eigenvalue weighted by molar-refractivity contribution is 5.89. The lowest BCUT2D eigenvalue weighted by Crippen LogP contribution is -2.44. The molecule has 0 atom stereocenters. The Morgan fingerprint density at radius 2 is 2.14 bits per heavy atom. The number of hydrogen-bond donors (Lipinski definition) is 3. The van der Waals surface area contributed by atoms with Crippen molar-refractivity contribution in [3.05, 3.63) is 18.0 Å². The summed E-state index contributed by atoms with van der Waals surface area (Å²) in [6, 6.07) is 4.57. The molecule has 4 N–H and O–H groups in total. The largest absolute Gasteiger partial charge is 0.366 e. The first-order valence-corrected chi connectivity index (χ1v) is 7.41. The Morgan fingerprint density at radius 1 is 1.36 bits per heavy atom. The van der Waals surface area contributed by atoms with Gasteiger partial charge in [0, 0.05) is 29.7 Å². The van der Waals surface area contributed by atoms with Crippen molar-refractivity contribution in [1.82, 2.24) is 15.0 Å². The van der Waals surface area contributed by atoms with Crippen LogP contribution in [0.5, 0.6) is 0 Å². The number of pyridine rings is 1. The second-order valence-corrected chi connectivity index (χ2v) is 5.97. The smallest absolute Gasteiger partial charge is 0.223 e. The van der Waals surface area contributed by atoms with Crippen LogP contribution < -0.4 is 16.4 Å². The van der Waals surface area contributed by atoms with E-state index in [1.165, 1.54) is 0 Å². The van der Waals surface area contributed by atoms with E-state index < -0.39 is 0 Å². The van der Waals surface area contributed by atoms with Gasteiger partial charge in [0.2, 0.25) is 5.95 Å². The Bertz CT molecular complexity index is 728. The minimum atomic E-state index is 0.195. The predicted octanol–water partition coefficient (Wildman–Crippen LogP) is 1.62. The standard InChI is InChI=1S/C15H19N7/c1-8(2)19-14-13-9(3-12(6-16)20-14)7-18-15(22-13)21-11-4-10(17)5-11/h3,7-8,10-11H,4-5,17H2,1-2H3,(H,19,20)(H,18,21,22)/t10-,11-. The summed E-state index contributed by atoms with van der Waals surface area (Å²) < 4.78 is 0. The average molecular weight is 297 g/mol. The van der Waals surface area contributed by atoms with Gasteiger partial charge < -0.3 is 16.4 Å². The van der Waals surface area contributed by atoms with E-state index in [1.807, 2.05) is 13.8 Å². The molecule has 0 radical (unpaired) electrons. The molecule has 22 heavy (non-hydrogen) atoms. The van der Waals surface area contributed by atoms with Gasteiger partial charge in [0.05, 0.1) is 0 Å². The van der Waals surface area contributed by atoms with Crippen molar-refractivity contribution < 1.29 is 0 Å². The molecular weight excluding hydrogens is 278 g/mol. The van der Waals surface area contributed by atoms with Gasteiger partial charge in [-0.25, -0.2) is 15.0 Å². The van der Waals surface area contributed by atoms with Crippen LogP contribution in [0.25, 0.3) is 10.9 Å². The van der Waals surface area contributed by atoms with Crippen LogP contribution in [0.1, 0.15) is 32.4 Å². The monoisotopic (exact) mass is 297 g/mol. The van der Waals surface area contributed by atoms with Crippen LogP contribution >= 0.6 is 0 Å². The highest BCUT2D eigenvalue weighted by Crippen LogP contribution is 2.24. The van der Waals surface area contributed by atoms with Crippen LogP contribution in [-0.4, -0.2) is 33.1 Å². The first kappa shape index (κ1) is 14.5. The summed E-state index contributed by atoms with van der Waals surface area (Å²) in [7, 11) is 0. The van der Waals surface area contributed by atoms with E-state index in [0.717, 1.165) is 18.2 Å². The lowest BCUT2D eigenvalue weighted by atomic mass is 9.88. The molecule has 2 heterocycles. The van der Waals surface area contributed by atoms with Crippen molar-refractivity contribution >= 4 is 22.7 Å². The lowest BCUT2D eigenvalue weighted by Gasteiger charge is -2.32. The van der Waals surface area contributed by atoms with Crippen LogP contribution in [0.3, 0.4) is 0 Å². The number of rotatable bonds is 4. The Kier molecular flexibility index (Phi) is 3.77. The van der Waals surface area contributed by atoms with Crippen molar-refractivity contribution in [2.75, 3.05) is 10.6 Å². The van der Waals surface area contributed by atoms with Gasteiger partial charge in [-0.05, 0) is 32.8 Å². The number of nitrogens with one attached hydrogen (secondary N) is 2. The normalized spacial score (nSPS) is 20.5. The maximum absolute atomic E-state index is 9.09. The summed E-state index contributed by atoms with van der Waals surface area (Å²) in [5.41, 5.74) is 6.86. The van der Waals surface area contributed by atoms with E-state index in [4.69, 9.17) is 11.0 Å². The molecule has 7 nitrogen and oxygen atoms in total. The van der Waals surface area contributed by atoms with Crippen LogP contribution in [0.15, 0.2) is 12.3 Å². The molecule has 1 aliphatic rings. The number of anilines is 2. The lowest BCUT2D eigenvalue weighted by molar-refractivity contribution is 0.372. The Labute approximate surface area is 129 Å². The fourth-order valence-electron chi connectivity index (χ4n) is 2.50. The Morgan fingerprint density at radius 3 is 2.77 bits per heavy atom. The minimum Gasteiger partial charge on any atom is -0.366 e. The van der Waals surface area contributed by atoms with Crippen LogP contribution in [0.2, 0.25) is 0 Å². The summed E-state index contributed by atoms with van der Waals surface area (Å²) >= 11 is 0. The molecule has 1 fully saturated rings. The Hall–Kier alpha value is -2.46. The van der Waals surface area contributed by atoms with Gasteiger partial charge in [0.25, 0.3) is 0 Å². The average Bonchev–Trinajstić information content (AvgIpc) is 2.45. The third-order valence-corrected chi connectivity index (χ3v) is 3.61. The van der Waals surface area contributed by atoms with E-state index in [9.17, 15) is 0 Å². The first-order chi connectivity index (χ1) is 10.5. The van der Waals surface area contributed by atoms with Crippen LogP contribution in [0, 0.1) is 11.3 Å². The highest BCUT2D eigenvalue weighted by atomic mass is 15.1. The number of hydrogen-bond acceptors (Lipinski definition) is 7. The predicted molar refractivity (Wildman–Crippen MR) is 85.4 cm³/mol. The maximum Gasteiger partial charge on any atom is 0.223 e. The topological polar surface area (TPSA) is 113 Å². The zero-order valence-corrected chi connectivity index (χ0v) is 12.7. The molecule has 0 amide bonds. The molecule has 1 aliphatic carbocycles. The first-order valence-electron chi connectivity index (χ1n) is 7.41. The van der Waals surface area contributed by atoms with Gasteiger partial charge in [-0.3, -0.25) is 0 Å². The number of nitrogens with zero attached hydrogens (tertiary/aromatic N) is 4.